The summed E-state index contributed by atoms with van der Waals surface area (Å²) in [6, 6.07) is 0. The molecule has 3 radical (unpaired) electrons. The minimum atomic E-state index is 0. The molecule has 0 unspecified atom stereocenters. The van der Waals surface area contributed by atoms with Gasteiger partial charge in [0.05, 0.1) is 0 Å². The fraction of sp³-hybridized carbons (Fsp3) is 0.600. The summed E-state index contributed by atoms with van der Waals surface area (Å²) >= 11 is 0. The molecule has 0 rings (SSSR count). The Hall–Kier alpha value is 0.623. The Balaban J connectivity index is 0. The van der Waals surface area contributed by atoms with E-state index in [1.807, 2.05) is 6.08 Å². The maximum absolute atomic E-state index is 3.55. The van der Waals surface area contributed by atoms with Crippen molar-refractivity contribution >= 4 is 26.2 Å². The summed E-state index contributed by atoms with van der Waals surface area (Å²) in [4.78, 5) is 0. The molecule has 0 nitrogen and oxygen atoms in total. The van der Waals surface area contributed by atoms with Gasteiger partial charge in [-0.1, -0.05) is 19.4 Å². The van der Waals surface area contributed by atoms with Crippen molar-refractivity contribution in [3.63, 3.8) is 0 Å². The maximum atomic E-state index is 3.55. The molecule has 0 aliphatic carbocycles. The molecule has 0 aliphatic rings. The van der Waals surface area contributed by atoms with Gasteiger partial charge in [0, 0.05) is 26.2 Å². The van der Waals surface area contributed by atoms with Crippen LogP contribution >= 0.6 is 0 Å². The van der Waals surface area contributed by atoms with Crippen LogP contribution in [0.2, 0.25) is 0 Å². The van der Waals surface area contributed by atoms with E-state index < -0.39 is 0 Å². The molecule has 0 bridgehead atoms. The Morgan fingerprint density at radius 2 is 2.17 bits per heavy atom. The average Bonchev–Trinajstić information content (AvgIpc) is 1.41. The topological polar surface area (TPSA) is 0 Å². The van der Waals surface area contributed by atoms with Gasteiger partial charge in [0.1, 0.15) is 0 Å². The maximum Gasteiger partial charge on any atom is 0 e. The molecule has 35 valence electrons. The van der Waals surface area contributed by atoms with Gasteiger partial charge in [0.2, 0.25) is 0 Å². The molecule has 0 amide bonds. The van der Waals surface area contributed by atoms with Crippen molar-refractivity contribution in [1.29, 1.82) is 0 Å². The Labute approximate surface area is 58.8 Å². The second kappa shape index (κ2) is 9.16. The summed E-state index contributed by atoms with van der Waals surface area (Å²) in [6.07, 6.45) is 4.31. The number of allylic oxidation sites excluding steroid dienone is 1. The van der Waals surface area contributed by atoms with E-state index in [0.29, 0.717) is 0 Å². The van der Waals surface area contributed by atoms with Gasteiger partial charge in [-0.05, 0) is 6.42 Å². The fourth-order valence-corrected chi connectivity index (χ4v) is 0.204. The molecule has 0 saturated heterocycles. The van der Waals surface area contributed by atoms with Crippen LogP contribution in [0.1, 0.15) is 19.8 Å². The smallest absolute Gasteiger partial charge is 0 e. The van der Waals surface area contributed by atoms with Gasteiger partial charge in [0.25, 0.3) is 0 Å². The molecule has 0 fully saturated rings. The van der Waals surface area contributed by atoms with E-state index >= 15 is 0 Å². The SMILES string of the molecule is C=CCCC.[Bi]. The molecule has 0 heterocycles. The Morgan fingerprint density at radius 1 is 1.67 bits per heavy atom. The van der Waals surface area contributed by atoms with Crippen LogP contribution in [0.3, 0.4) is 0 Å². The monoisotopic (exact) mass is 279 g/mol. The Morgan fingerprint density at radius 3 is 2.17 bits per heavy atom. The van der Waals surface area contributed by atoms with Crippen LogP contribution in [-0.2, 0) is 0 Å². The third kappa shape index (κ3) is 8.82. The van der Waals surface area contributed by atoms with Crippen molar-refractivity contribution in [2.75, 3.05) is 0 Å². The molecule has 0 N–H and O–H groups in total. The largest absolute Gasteiger partial charge is 0.103 e. The summed E-state index contributed by atoms with van der Waals surface area (Å²) in [6.45, 7) is 5.69. The summed E-state index contributed by atoms with van der Waals surface area (Å²) in [5.74, 6) is 0. The van der Waals surface area contributed by atoms with Crippen LogP contribution in [0.15, 0.2) is 12.7 Å². The van der Waals surface area contributed by atoms with Gasteiger partial charge in [-0.3, -0.25) is 0 Å². The predicted molar refractivity (Wildman–Crippen MR) is 30.9 cm³/mol. The van der Waals surface area contributed by atoms with E-state index in [1.54, 1.807) is 0 Å². The van der Waals surface area contributed by atoms with Crippen molar-refractivity contribution in [2.45, 2.75) is 19.8 Å². The van der Waals surface area contributed by atoms with Crippen LogP contribution < -0.4 is 0 Å². The van der Waals surface area contributed by atoms with Crippen LogP contribution in [-0.4, -0.2) is 26.2 Å². The normalized spacial score (nSPS) is 6.17. The third-order valence-corrected chi connectivity index (χ3v) is 0.493. The minimum absolute atomic E-state index is 0. The second-order valence-electron chi connectivity index (χ2n) is 1.08. The summed E-state index contributed by atoms with van der Waals surface area (Å²) in [7, 11) is 0. The predicted octanol–water partition coefficient (Wildman–Crippen LogP) is 1.59. The molecule has 0 atom stereocenters. The molecule has 0 spiro atoms. The van der Waals surface area contributed by atoms with Gasteiger partial charge < -0.3 is 0 Å². The summed E-state index contributed by atoms with van der Waals surface area (Å²) in [5.41, 5.74) is 0. The number of rotatable bonds is 2. The van der Waals surface area contributed by atoms with E-state index in [0.717, 1.165) is 6.42 Å². The van der Waals surface area contributed by atoms with Crippen LogP contribution in [0.25, 0.3) is 0 Å². The molecule has 0 aromatic rings. The first-order valence-corrected chi connectivity index (χ1v) is 2.02. The van der Waals surface area contributed by atoms with Gasteiger partial charge in [-0.25, -0.2) is 0 Å². The van der Waals surface area contributed by atoms with Crippen molar-refractivity contribution in [1.82, 2.24) is 0 Å². The van der Waals surface area contributed by atoms with Crippen LogP contribution in [0.4, 0.5) is 0 Å². The molecular formula is C5H10Bi. The molecule has 6 heavy (non-hydrogen) atoms. The minimum Gasteiger partial charge on any atom is -0.103 e. The fourth-order valence-electron chi connectivity index (χ4n) is 0.204. The molecule has 0 aromatic carbocycles. The van der Waals surface area contributed by atoms with Crippen LogP contribution in [0, 0.1) is 0 Å². The Bertz CT molecular complexity index is 25.1. The van der Waals surface area contributed by atoms with Gasteiger partial charge >= 0.3 is 0 Å². The third-order valence-electron chi connectivity index (χ3n) is 0.493. The summed E-state index contributed by atoms with van der Waals surface area (Å²) < 4.78 is 0. The molecule has 1 heteroatoms. The Kier molecular flexibility index (Phi) is 15.0. The number of hydrogen-bond donors (Lipinski definition) is 0. The quantitative estimate of drug-likeness (QED) is 0.532. The molecule has 0 aromatic heterocycles. The van der Waals surface area contributed by atoms with E-state index in [4.69, 9.17) is 0 Å². The van der Waals surface area contributed by atoms with Crippen molar-refractivity contribution in [3.05, 3.63) is 12.7 Å². The van der Waals surface area contributed by atoms with Crippen molar-refractivity contribution in [3.8, 4) is 0 Å². The van der Waals surface area contributed by atoms with E-state index in [1.165, 1.54) is 6.42 Å². The zero-order valence-corrected chi connectivity index (χ0v) is 7.62. The molecule has 0 saturated carbocycles. The first-order chi connectivity index (χ1) is 2.41. The number of hydrogen-bond acceptors (Lipinski definition) is 0. The van der Waals surface area contributed by atoms with E-state index in [9.17, 15) is 0 Å². The molecule has 0 aliphatic heterocycles. The van der Waals surface area contributed by atoms with E-state index in [-0.39, 0.29) is 26.2 Å². The van der Waals surface area contributed by atoms with Gasteiger partial charge in [-0.2, -0.15) is 0 Å². The number of unbranched alkanes of at least 4 members (excludes halogenated alkanes) is 1. The van der Waals surface area contributed by atoms with E-state index in [2.05, 4.69) is 13.5 Å². The summed E-state index contributed by atoms with van der Waals surface area (Å²) in [5, 5.41) is 0. The average molecular weight is 279 g/mol. The second-order valence-corrected chi connectivity index (χ2v) is 1.08. The molecular weight excluding hydrogens is 269 g/mol. The van der Waals surface area contributed by atoms with Crippen LogP contribution in [0.5, 0.6) is 0 Å². The van der Waals surface area contributed by atoms with Crippen molar-refractivity contribution in [2.24, 2.45) is 0 Å². The zero-order valence-electron chi connectivity index (χ0n) is 4.15. The zero-order chi connectivity index (χ0) is 4.12. The van der Waals surface area contributed by atoms with Crippen molar-refractivity contribution < 1.29 is 0 Å². The van der Waals surface area contributed by atoms with Gasteiger partial charge in [0.15, 0.2) is 0 Å². The first kappa shape index (κ1) is 9.80. The first-order valence-electron chi connectivity index (χ1n) is 2.02. The standard InChI is InChI=1S/C5H10.Bi/c1-3-5-4-2;/h3H,1,4-5H2,2H3;. The van der Waals surface area contributed by atoms with Gasteiger partial charge in [-0.15, -0.1) is 6.58 Å².